The number of benzene rings is 2. The van der Waals surface area contributed by atoms with Crippen molar-refractivity contribution in [3.8, 4) is 23.3 Å². The fourth-order valence-electron chi connectivity index (χ4n) is 3.86. The summed E-state index contributed by atoms with van der Waals surface area (Å²) in [5, 5.41) is 10.6. The van der Waals surface area contributed by atoms with Crippen LogP contribution in [0, 0.1) is 11.3 Å². The number of para-hydroxylation sites is 1. The number of halogens is 1. The maximum Gasteiger partial charge on any atom is 0.258 e. The molecule has 0 saturated carbocycles. The number of hydrogen-bond donors (Lipinski definition) is 1. The van der Waals surface area contributed by atoms with Crippen molar-refractivity contribution in [3.63, 3.8) is 0 Å². The number of fused-ring (bicyclic) bond motifs is 3. The number of rotatable bonds is 3. The summed E-state index contributed by atoms with van der Waals surface area (Å²) in [7, 11) is 4.75. The Bertz CT molecular complexity index is 1320. The van der Waals surface area contributed by atoms with Crippen LogP contribution >= 0.6 is 15.9 Å². The van der Waals surface area contributed by atoms with Crippen molar-refractivity contribution in [2.24, 2.45) is 12.8 Å². The molecule has 2 N–H and O–H groups in total. The van der Waals surface area contributed by atoms with Gasteiger partial charge in [-0.3, -0.25) is 4.79 Å². The van der Waals surface area contributed by atoms with Crippen LogP contribution in [0.15, 0.2) is 57.1 Å². The first-order valence-electron chi connectivity index (χ1n) is 9.03. The van der Waals surface area contributed by atoms with Crippen molar-refractivity contribution in [1.82, 2.24) is 4.57 Å². The molecule has 0 fully saturated rings. The zero-order chi connectivity index (χ0) is 21.6. The van der Waals surface area contributed by atoms with Gasteiger partial charge in [-0.05, 0) is 45.8 Å². The predicted molar refractivity (Wildman–Crippen MR) is 116 cm³/mol. The van der Waals surface area contributed by atoms with E-state index in [0.717, 1.165) is 5.39 Å². The number of methoxy groups -OCH3 is 2. The van der Waals surface area contributed by atoms with Gasteiger partial charge < -0.3 is 24.5 Å². The molecule has 2 aromatic carbocycles. The lowest BCUT2D eigenvalue weighted by Crippen LogP contribution is -2.31. The third-order valence-electron chi connectivity index (χ3n) is 5.25. The van der Waals surface area contributed by atoms with Crippen molar-refractivity contribution >= 4 is 26.8 Å². The lowest BCUT2D eigenvalue weighted by molar-refractivity contribution is 0.352. The second kappa shape index (κ2) is 7.43. The van der Waals surface area contributed by atoms with Crippen LogP contribution in [-0.4, -0.2) is 18.8 Å². The van der Waals surface area contributed by atoms with E-state index in [4.69, 9.17) is 19.9 Å². The molecule has 0 radical (unpaired) electrons. The summed E-state index contributed by atoms with van der Waals surface area (Å²) in [6.45, 7) is 0. The Labute approximate surface area is 181 Å². The predicted octanol–water partition coefficient (Wildman–Crippen LogP) is 3.54. The molecule has 1 atom stereocenters. The second-order valence-corrected chi connectivity index (χ2v) is 7.64. The Kier molecular flexibility index (Phi) is 4.92. The van der Waals surface area contributed by atoms with Gasteiger partial charge in [0.1, 0.15) is 17.4 Å². The van der Waals surface area contributed by atoms with Gasteiger partial charge in [0.2, 0.25) is 5.88 Å². The number of nitriles is 1. The largest absolute Gasteiger partial charge is 0.493 e. The van der Waals surface area contributed by atoms with E-state index in [2.05, 4.69) is 22.0 Å². The molecule has 3 aromatic rings. The van der Waals surface area contributed by atoms with Crippen LogP contribution in [0.2, 0.25) is 0 Å². The van der Waals surface area contributed by atoms with Crippen LogP contribution in [-0.2, 0) is 7.05 Å². The smallest absolute Gasteiger partial charge is 0.258 e. The van der Waals surface area contributed by atoms with Gasteiger partial charge in [-0.15, -0.1) is 0 Å². The van der Waals surface area contributed by atoms with Gasteiger partial charge in [0.15, 0.2) is 11.5 Å². The SMILES string of the molecule is COc1cc([C@@H]2C(C#N)=C(N)Oc3c2c(=O)n(C)c2ccccc32)cc(Br)c1OC. The molecule has 152 valence electrons. The highest BCUT2D eigenvalue weighted by Crippen LogP contribution is 2.46. The zero-order valence-corrected chi connectivity index (χ0v) is 18.1. The Morgan fingerprint density at radius 3 is 2.63 bits per heavy atom. The Hall–Kier alpha value is -3.44. The van der Waals surface area contributed by atoms with Gasteiger partial charge in [0.25, 0.3) is 5.56 Å². The summed E-state index contributed by atoms with van der Waals surface area (Å²) in [4.78, 5) is 13.4. The molecule has 8 heteroatoms. The summed E-state index contributed by atoms with van der Waals surface area (Å²) in [5.41, 5.74) is 7.74. The molecule has 7 nitrogen and oxygen atoms in total. The van der Waals surface area contributed by atoms with E-state index in [0.29, 0.717) is 38.4 Å². The van der Waals surface area contributed by atoms with E-state index in [-0.39, 0.29) is 17.0 Å². The third kappa shape index (κ3) is 2.82. The summed E-state index contributed by atoms with van der Waals surface area (Å²) < 4.78 is 18.8. The summed E-state index contributed by atoms with van der Waals surface area (Å²) in [6.07, 6.45) is 0. The van der Waals surface area contributed by atoms with E-state index in [1.807, 2.05) is 24.3 Å². The van der Waals surface area contributed by atoms with Gasteiger partial charge in [-0.2, -0.15) is 5.26 Å². The molecule has 0 spiro atoms. The molecule has 1 aliphatic rings. The number of allylic oxidation sites excluding steroid dienone is 1. The number of aromatic nitrogens is 1. The topological polar surface area (TPSA) is 99.5 Å². The second-order valence-electron chi connectivity index (χ2n) is 6.79. The van der Waals surface area contributed by atoms with Crippen LogP contribution in [0.4, 0.5) is 0 Å². The molecule has 0 unspecified atom stereocenters. The molecular formula is C22H18BrN3O4. The number of nitrogens with zero attached hydrogens (tertiary/aromatic N) is 2. The van der Waals surface area contributed by atoms with Crippen LogP contribution in [0.1, 0.15) is 17.0 Å². The normalized spacial score (nSPS) is 15.4. The lowest BCUT2D eigenvalue weighted by Gasteiger charge is -2.28. The standard InChI is InChI=1S/C22H18BrN3O4/c1-26-15-7-5-4-6-12(15)19-18(22(26)27)17(13(10-24)21(25)30-19)11-8-14(23)20(29-3)16(9-11)28-2/h4-9,17H,25H2,1-3H3/t17-/m1/s1. The van der Waals surface area contributed by atoms with Crippen LogP contribution in [0.5, 0.6) is 17.2 Å². The van der Waals surface area contributed by atoms with E-state index in [9.17, 15) is 10.1 Å². The maximum atomic E-state index is 13.4. The first kappa shape index (κ1) is 19.9. The van der Waals surface area contributed by atoms with E-state index in [1.54, 1.807) is 23.7 Å². The van der Waals surface area contributed by atoms with Crippen molar-refractivity contribution in [2.75, 3.05) is 14.2 Å². The minimum Gasteiger partial charge on any atom is -0.493 e. The first-order valence-corrected chi connectivity index (χ1v) is 9.82. The number of ether oxygens (including phenoxy) is 3. The molecule has 0 amide bonds. The lowest BCUT2D eigenvalue weighted by atomic mass is 9.83. The molecule has 2 heterocycles. The molecule has 4 rings (SSSR count). The molecule has 0 aliphatic carbocycles. The van der Waals surface area contributed by atoms with Crippen molar-refractivity contribution in [2.45, 2.75) is 5.92 Å². The Balaban J connectivity index is 2.11. The monoisotopic (exact) mass is 467 g/mol. The highest BCUT2D eigenvalue weighted by atomic mass is 79.9. The highest BCUT2D eigenvalue weighted by molar-refractivity contribution is 9.10. The number of aryl methyl sites for hydroxylation is 1. The zero-order valence-electron chi connectivity index (χ0n) is 16.5. The molecular weight excluding hydrogens is 450 g/mol. The molecule has 30 heavy (non-hydrogen) atoms. The summed E-state index contributed by atoms with van der Waals surface area (Å²) in [5.74, 6) is 0.581. The number of pyridine rings is 1. The van der Waals surface area contributed by atoms with Gasteiger partial charge >= 0.3 is 0 Å². The fourth-order valence-corrected chi connectivity index (χ4v) is 4.49. The number of nitrogens with two attached hydrogens (primary N) is 1. The van der Waals surface area contributed by atoms with Gasteiger partial charge in [0.05, 0.1) is 35.7 Å². The fraction of sp³-hybridized carbons (Fsp3) is 0.182. The Morgan fingerprint density at radius 2 is 1.97 bits per heavy atom. The Morgan fingerprint density at radius 1 is 1.23 bits per heavy atom. The van der Waals surface area contributed by atoms with E-state index in [1.165, 1.54) is 14.2 Å². The quantitative estimate of drug-likeness (QED) is 0.632. The molecule has 1 aliphatic heterocycles. The van der Waals surface area contributed by atoms with Crippen molar-refractivity contribution < 1.29 is 14.2 Å². The van der Waals surface area contributed by atoms with Crippen molar-refractivity contribution in [1.29, 1.82) is 5.26 Å². The average Bonchev–Trinajstić information content (AvgIpc) is 2.75. The highest BCUT2D eigenvalue weighted by Gasteiger charge is 2.36. The van der Waals surface area contributed by atoms with E-state index >= 15 is 0 Å². The molecule has 0 saturated heterocycles. The van der Waals surface area contributed by atoms with Gasteiger partial charge in [-0.1, -0.05) is 12.1 Å². The average molecular weight is 468 g/mol. The van der Waals surface area contributed by atoms with Gasteiger partial charge in [-0.25, -0.2) is 0 Å². The molecule has 1 aromatic heterocycles. The minimum atomic E-state index is -0.724. The summed E-state index contributed by atoms with van der Waals surface area (Å²) in [6, 6.07) is 13.1. The summed E-state index contributed by atoms with van der Waals surface area (Å²) >= 11 is 3.49. The first-order chi connectivity index (χ1) is 14.4. The van der Waals surface area contributed by atoms with Gasteiger partial charge in [0, 0.05) is 12.4 Å². The number of hydrogen-bond acceptors (Lipinski definition) is 6. The third-order valence-corrected chi connectivity index (χ3v) is 5.84. The molecule has 0 bridgehead atoms. The van der Waals surface area contributed by atoms with Crippen molar-refractivity contribution in [3.05, 3.63) is 73.8 Å². The van der Waals surface area contributed by atoms with Crippen LogP contribution in [0.25, 0.3) is 10.9 Å². The minimum absolute atomic E-state index is 0.0284. The van der Waals surface area contributed by atoms with Crippen LogP contribution < -0.4 is 25.5 Å². The van der Waals surface area contributed by atoms with E-state index < -0.39 is 5.92 Å². The van der Waals surface area contributed by atoms with Crippen LogP contribution in [0.3, 0.4) is 0 Å². The maximum absolute atomic E-state index is 13.4.